The summed E-state index contributed by atoms with van der Waals surface area (Å²) in [6, 6.07) is 16.8. The summed E-state index contributed by atoms with van der Waals surface area (Å²) in [4.78, 5) is 17.6. The lowest BCUT2D eigenvalue weighted by molar-refractivity contribution is 0.101. The minimum atomic E-state index is -0.233. The first-order valence-corrected chi connectivity index (χ1v) is 11.3. The van der Waals surface area contributed by atoms with Crippen molar-refractivity contribution in [3.05, 3.63) is 88.9 Å². The summed E-state index contributed by atoms with van der Waals surface area (Å²) in [5.41, 5.74) is 3.82. The first-order valence-electron chi connectivity index (χ1n) is 11.3. The van der Waals surface area contributed by atoms with E-state index in [1.54, 1.807) is 30.5 Å². The Bertz CT molecular complexity index is 1320. The highest BCUT2D eigenvalue weighted by Gasteiger charge is 2.21. The van der Waals surface area contributed by atoms with Crippen LogP contribution in [0, 0.1) is 6.92 Å². The Labute approximate surface area is 197 Å². The van der Waals surface area contributed by atoms with Crippen molar-refractivity contribution in [2.24, 2.45) is 0 Å². The molecule has 1 atom stereocenters. The summed E-state index contributed by atoms with van der Waals surface area (Å²) in [6.07, 6.45) is 2.49. The van der Waals surface area contributed by atoms with Crippen LogP contribution in [0.25, 0.3) is 11.0 Å². The quantitative estimate of drug-likeness (QED) is 0.388. The Morgan fingerprint density at radius 2 is 1.88 bits per heavy atom. The molecule has 1 unspecified atom stereocenters. The van der Waals surface area contributed by atoms with Gasteiger partial charge in [0.05, 0.1) is 12.3 Å². The molecular formula is C27H26N2O5. The third-order valence-corrected chi connectivity index (χ3v) is 5.98. The third-order valence-electron chi connectivity index (χ3n) is 5.98. The second kappa shape index (κ2) is 9.67. The van der Waals surface area contributed by atoms with Crippen molar-refractivity contribution in [1.29, 1.82) is 0 Å². The van der Waals surface area contributed by atoms with E-state index in [2.05, 4.69) is 10.3 Å². The molecule has 1 aliphatic heterocycles. The van der Waals surface area contributed by atoms with Crippen molar-refractivity contribution in [3.63, 3.8) is 0 Å². The van der Waals surface area contributed by atoms with Gasteiger partial charge in [0.15, 0.2) is 22.8 Å². The van der Waals surface area contributed by atoms with Crippen molar-refractivity contribution < 1.29 is 23.8 Å². The number of hydrogen-bond donors (Lipinski definition) is 2. The number of benzene rings is 2. The first-order chi connectivity index (χ1) is 16.6. The second-order valence-electron chi connectivity index (χ2n) is 8.36. The normalized spacial score (nSPS) is 13.7. The Morgan fingerprint density at radius 1 is 1.09 bits per heavy atom. The van der Waals surface area contributed by atoms with Crippen LogP contribution in [0.4, 0.5) is 0 Å². The van der Waals surface area contributed by atoms with Crippen molar-refractivity contribution >= 4 is 16.8 Å². The molecule has 0 radical (unpaired) electrons. The number of ether oxygens (including phenoxy) is 2. The lowest BCUT2D eigenvalue weighted by atomic mass is 10.1. The summed E-state index contributed by atoms with van der Waals surface area (Å²) in [7, 11) is 0. The third kappa shape index (κ3) is 4.53. The smallest absolute Gasteiger partial charge is 0.228 e. The molecule has 0 aliphatic carbocycles. The molecule has 4 aromatic rings. The molecule has 174 valence electrons. The lowest BCUT2D eigenvalue weighted by Gasteiger charge is -2.18. The van der Waals surface area contributed by atoms with Crippen molar-refractivity contribution in [2.45, 2.75) is 25.9 Å². The van der Waals surface area contributed by atoms with Crippen LogP contribution >= 0.6 is 0 Å². The average Bonchev–Trinajstić information content (AvgIpc) is 3.34. The molecular weight excluding hydrogens is 432 g/mol. The van der Waals surface area contributed by atoms with Crippen LogP contribution in [0.15, 0.2) is 65.2 Å². The van der Waals surface area contributed by atoms with E-state index in [0.29, 0.717) is 54.5 Å². The lowest BCUT2D eigenvalue weighted by Crippen LogP contribution is -2.34. The van der Waals surface area contributed by atoms with Gasteiger partial charge in [0.1, 0.15) is 13.2 Å². The van der Waals surface area contributed by atoms with E-state index >= 15 is 0 Å². The molecule has 0 bridgehead atoms. The minimum Gasteiger partial charge on any atom is -0.486 e. The van der Waals surface area contributed by atoms with Crippen LogP contribution in [0.5, 0.6) is 11.5 Å². The number of hydrogen-bond acceptors (Lipinski definition) is 7. The molecule has 1 aliphatic rings. The van der Waals surface area contributed by atoms with E-state index in [4.69, 9.17) is 13.9 Å². The number of fused-ring (bicyclic) bond motifs is 2. The maximum Gasteiger partial charge on any atom is 0.228 e. The highest BCUT2D eigenvalue weighted by Crippen LogP contribution is 2.32. The molecule has 0 saturated heterocycles. The number of ketones is 1. The largest absolute Gasteiger partial charge is 0.486 e. The van der Waals surface area contributed by atoms with Crippen LogP contribution < -0.4 is 14.8 Å². The van der Waals surface area contributed by atoms with Gasteiger partial charge in [0.25, 0.3) is 0 Å². The summed E-state index contributed by atoms with van der Waals surface area (Å²) in [6.45, 7) is 3.30. The number of carbonyl (C=O) groups is 1. The van der Waals surface area contributed by atoms with E-state index in [9.17, 15) is 9.90 Å². The molecule has 0 spiro atoms. The van der Waals surface area contributed by atoms with E-state index in [1.165, 1.54) is 0 Å². The van der Waals surface area contributed by atoms with Crippen LogP contribution in [0.3, 0.4) is 0 Å². The number of pyridine rings is 1. The molecule has 2 aromatic heterocycles. The van der Waals surface area contributed by atoms with Gasteiger partial charge in [0, 0.05) is 29.7 Å². The molecule has 7 nitrogen and oxygen atoms in total. The Hall–Kier alpha value is -3.68. The van der Waals surface area contributed by atoms with Crippen LogP contribution in [0.2, 0.25) is 0 Å². The summed E-state index contributed by atoms with van der Waals surface area (Å²) >= 11 is 0. The predicted octanol–water partition coefficient (Wildman–Crippen LogP) is 3.83. The van der Waals surface area contributed by atoms with Gasteiger partial charge in [-0.25, -0.2) is 0 Å². The molecule has 3 heterocycles. The molecule has 7 heteroatoms. The van der Waals surface area contributed by atoms with Crippen LogP contribution in [-0.4, -0.2) is 41.7 Å². The second-order valence-corrected chi connectivity index (χ2v) is 8.36. The van der Waals surface area contributed by atoms with Crippen molar-refractivity contribution in [3.8, 4) is 11.5 Å². The Morgan fingerprint density at radius 3 is 2.68 bits per heavy atom. The van der Waals surface area contributed by atoms with Crippen LogP contribution in [0.1, 0.15) is 32.9 Å². The van der Waals surface area contributed by atoms with Gasteiger partial charge >= 0.3 is 0 Å². The fourth-order valence-corrected chi connectivity index (χ4v) is 4.14. The molecule has 2 N–H and O–H groups in total. The standard InChI is InChI=1S/C27H26N2O5/c1-17-27-22(20(14-28-17)15-29-21(16-30)11-18-5-3-2-4-6-18)13-25(34-27)26(31)19-7-8-23-24(12-19)33-10-9-32-23/h2-8,12-14,21,29-30H,9-11,15-16H2,1H3. The first kappa shape index (κ1) is 22.1. The van der Waals surface area contributed by atoms with Gasteiger partial charge in [-0.3, -0.25) is 9.78 Å². The summed E-state index contributed by atoms with van der Waals surface area (Å²) in [5, 5.41) is 14.1. The number of aryl methyl sites for hydroxylation is 1. The highest BCUT2D eigenvalue weighted by atomic mass is 16.6. The van der Waals surface area contributed by atoms with Gasteiger partial charge in [-0.1, -0.05) is 30.3 Å². The molecule has 0 fully saturated rings. The summed E-state index contributed by atoms with van der Waals surface area (Å²) in [5.74, 6) is 1.20. The number of rotatable bonds is 8. The maximum atomic E-state index is 13.2. The van der Waals surface area contributed by atoms with Gasteiger partial charge in [-0.2, -0.15) is 0 Å². The molecule has 2 aromatic carbocycles. The van der Waals surface area contributed by atoms with E-state index in [1.807, 2.05) is 37.3 Å². The maximum absolute atomic E-state index is 13.2. The SMILES string of the molecule is Cc1ncc(CNC(CO)Cc2ccccc2)c2cc(C(=O)c3ccc4c(c3)OCCO4)oc12. The van der Waals surface area contributed by atoms with Gasteiger partial charge < -0.3 is 24.3 Å². The fraction of sp³-hybridized carbons (Fsp3) is 0.259. The zero-order valence-corrected chi connectivity index (χ0v) is 18.9. The van der Waals surface area contributed by atoms with E-state index in [-0.39, 0.29) is 24.2 Å². The number of aliphatic hydroxyl groups is 1. The van der Waals surface area contributed by atoms with Crippen LogP contribution in [-0.2, 0) is 13.0 Å². The number of carbonyl (C=O) groups excluding carboxylic acids is 1. The van der Waals surface area contributed by atoms with Crippen molar-refractivity contribution in [1.82, 2.24) is 10.3 Å². The average molecular weight is 459 g/mol. The van der Waals surface area contributed by atoms with Gasteiger partial charge in [-0.05, 0) is 48.7 Å². The molecule has 34 heavy (non-hydrogen) atoms. The number of nitrogens with zero attached hydrogens (tertiary/aromatic N) is 1. The Balaban J connectivity index is 1.38. The van der Waals surface area contributed by atoms with Gasteiger partial charge in [-0.15, -0.1) is 0 Å². The van der Waals surface area contributed by atoms with E-state index in [0.717, 1.165) is 16.5 Å². The number of aromatic nitrogens is 1. The number of nitrogens with one attached hydrogen (secondary N) is 1. The Kier molecular flexibility index (Phi) is 6.29. The molecule has 5 rings (SSSR count). The fourth-order valence-electron chi connectivity index (χ4n) is 4.14. The number of furan rings is 1. The predicted molar refractivity (Wildman–Crippen MR) is 127 cm³/mol. The molecule has 0 saturated carbocycles. The highest BCUT2D eigenvalue weighted by molar-refractivity contribution is 6.09. The zero-order chi connectivity index (χ0) is 23.5. The van der Waals surface area contributed by atoms with Gasteiger partial charge in [0.2, 0.25) is 5.78 Å². The monoisotopic (exact) mass is 458 g/mol. The molecule has 0 amide bonds. The topological polar surface area (TPSA) is 93.8 Å². The minimum absolute atomic E-state index is 0.0105. The summed E-state index contributed by atoms with van der Waals surface area (Å²) < 4.78 is 17.1. The van der Waals surface area contributed by atoms with Crippen molar-refractivity contribution in [2.75, 3.05) is 19.8 Å². The van der Waals surface area contributed by atoms with E-state index < -0.39 is 0 Å². The number of aliphatic hydroxyl groups excluding tert-OH is 1. The zero-order valence-electron chi connectivity index (χ0n) is 18.9.